The quantitative estimate of drug-likeness (QED) is 0.615. The summed E-state index contributed by atoms with van der Waals surface area (Å²) in [5.41, 5.74) is 4.22. The number of rotatable bonds is 4. The molecule has 0 amide bonds. The second-order valence-corrected chi connectivity index (χ2v) is 5.27. The summed E-state index contributed by atoms with van der Waals surface area (Å²) in [5.74, 6) is 1.31. The van der Waals surface area contributed by atoms with Gasteiger partial charge in [0.15, 0.2) is 0 Å². The Morgan fingerprint density at radius 2 is 1.69 bits per heavy atom. The zero-order chi connectivity index (χ0) is 12.1. The number of benzene rings is 1. The average Bonchev–Trinajstić information content (AvgIpc) is 2.16. The van der Waals surface area contributed by atoms with Crippen LogP contribution in [0.2, 0.25) is 0 Å². The highest BCUT2D eigenvalue weighted by Crippen LogP contribution is 2.24. The van der Waals surface area contributed by atoms with Gasteiger partial charge in [0, 0.05) is 0 Å². The Morgan fingerprint density at radius 1 is 1.12 bits per heavy atom. The molecule has 16 heavy (non-hydrogen) atoms. The van der Waals surface area contributed by atoms with Gasteiger partial charge in [-0.05, 0) is 44.6 Å². The molecule has 1 unspecified atom stereocenters. The number of allylic oxidation sites excluding steroid dienone is 2. The first kappa shape index (κ1) is 13.0. The summed E-state index contributed by atoms with van der Waals surface area (Å²) in [6, 6.07) is 8.93. The highest BCUT2D eigenvalue weighted by Gasteiger charge is 2.08. The fourth-order valence-electron chi connectivity index (χ4n) is 2.23. The van der Waals surface area contributed by atoms with E-state index in [0.29, 0.717) is 11.8 Å². The Hall–Kier alpha value is -1.04. The molecular formula is C16H24. The molecular weight excluding hydrogens is 192 g/mol. The normalized spacial score (nSPS) is 14.3. The molecule has 0 heteroatoms. The SMILES string of the molecule is CC(C)=CC(C)C[C@H](C)c1ccc(C)cc1. The number of hydrogen-bond donors (Lipinski definition) is 0. The maximum Gasteiger partial charge on any atom is -0.0185 e. The summed E-state index contributed by atoms with van der Waals surface area (Å²) in [5, 5.41) is 0. The molecule has 1 aromatic carbocycles. The van der Waals surface area contributed by atoms with Gasteiger partial charge in [0.05, 0.1) is 0 Å². The van der Waals surface area contributed by atoms with Crippen molar-refractivity contribution in [3.05, 3.63) is 47.0 Å². The van der Waals surface area contributed by atoms with Gasteiger partial charge in [0.25, 0.3) is 0 Å². The smallest absolute Gasteiger partial charge is 0.0185 e. The molecule has 1 aromatic rings. The Labute approximate surface area is 100 Å². The van der Waals surface area contributed by atoms with E-state index in [1.165, 1.54) is 23.1 Å². The van der Waals surface area contributed by atoms with E-state index >= 15 is 0 Å². The summed E-state index contributed by atoms with van der Waals surface area (Å²) in [7, 11) is 0. The van der Waals surface area contributed by atoms with Crippen molar-refractivity contribution in [2.45, 2.75) is 47.0 Å². The topological polar surface area (TPSA) is 0 Å². The van der Waals surface area contributed by atoms with Crippen LogP contribution in [0.3, 0.4) is 0 Å². The maximum absolute atomic E-state index is 2.37. The van der Waals surface area contributed by atoms with Crippen LogP contribution in [0, 0.1) is 12.8 Å². The van der Waals surface area contributed by atoms with Crippen molar-refractivity contribution >= 4 is 0 Å². The Kier molecular flexibility index (Phi) is 4.79. The van der Waals surface area contributed by atoms with Gasteiger partial charge in [-0.1, -0.05) is 55.3 Å². The van der Waals surface area contributed by atoms with Crippen molar-refractivity contribution in [1.82, 2.24) is 0 Å². The van der Waals surface area contributed by atoms with Gasteiger partial charge in [-0.25, -0.2) is 0 Å². The van der Waals surface area contributed by atoms with E-state index < -0.39 is 0 Å². The molecule has 0 heterocycles. The number of hydrogen-bond acceptors (Lipinski definition) is 0. The summed E-state index contributed by atoms with van der Waals surface area (Å²) in [4.78, 5) is 0. The summed E-state index contributed by atoms with van der Waals surface area (Å²) in [6.07, 6.45) is 3.60. The second kappa shape index (κ2) is 5.89. The zero-order valence-electron chi connectivity index (χ0n) is 11.2. The van der Waals surface area contributed by atoms with Gasteiger partial charge in [-0.15, -0.1) is 0 Å². The van der Waals surface area contributed by atoms with E-state index in [2.05, 4.69) is 65.0 Å². The van der Waals surface area contributed by atoms with Crippen molar-refractivity contribution in [3.8, 4) is 0 Å². The lowest BCUT2D eigenvalue weighted by Crippen LogP contribution is -2.00. The first-order valence-corrected chi connectivity index (χ1v) is 6.20. The molecule has 0 bridgehead atoms. The molecule has 0 fully saturated rings. The summed E-state index contributed by atoms with van der Waals surface area (Å²) in [6.45, 7) is 11.1. The van der Waals surface area contributed by atoms with Gasteiger partial charge in [0.1, 0.15) is 0 Å². The Morgan fingerprint density at radius 3 is 2.19 bits per heavy atom. The molecule has 0 saturated heterocycles. The lowest BCUT2D eigenvalue weighted by atomic mass is 9.90. The van der Waals surface area contributed by atoms with Gasteiger partial charge < -0.3 is 0 Å². The number of aryl methyl sites for hydroxylation is 1. The largest absolute Gasteiger partial charge is 0.0830 e. The first-order valence-electron chi connectivity index (χ1n) is 6.20. The molecule has 1 rings (SSSR count). The van der Waals surface area contributed by atoms with E-state index in [-0.39, 0.29) is 0 Å². The minimum absolute atomic E-state index is 0.645. The minimum Gasteiger partial charge on any atom is -0.0830 e. The lowest BCUT2D eigenvalue weighted by Gasteiger charge is -2.15. The Bertz CT molecular complexity index is 339. The molecule has 0 nitrogen and oxygen atoms in total. The van der Waals surface area contributed by atoms with Crippen molar-refractivity contribution in [2.75, 3.05) is 0 Å². The first-order chi connectivity index (χ1) is 7.49. The second-order valence-electron chi connectivity index (χ2n) is 5.27. The van der Waals surface area contributed by atoms with Crippen molar-refractivity contribution < 1.29 is 0 Å². The molecule has 0 spiro atoms. The van der Waals surface area contributed by atoms with Crippen LogP contribution in [-0.4, -0.2) is 0 Å². The highest BCUT2D eigenvalue weighted by molar-refractivity contribution is 5.24. The van der Waals surface area contributed by atoms with Crippen molar-refractivity contribution in [1.29, 1.82) is 0 Å². The van der Waals surface area contributed by atoms with Crippen LogP contribution in [-0.2, 0) is 0 Å². The lowest BCUT2D eigenvalue weighted by molar-refractivity contribution is 0.565. The van der Waals surface area contributed by atoms with Crippen molar-refractivity contribution in [2.24, 2.45) is 5.92 Å². The standard InChI is InChI=1S/C16H24/c1-12(2)10-14(4)11-15(5)16-8-6-13(3)7-9-16/h6-10,14-15H,11H2,1-5H3/t14?,15-/m0/s1. The van der Waals surface area contributed by atoms with Crippen LogP contribution in [0.15, 0.2) is 35.9 Å². The molecule has 0 aliphatic carbocycles. The van der Waals surface area contributed by atoms with Crippen LogP contribution >= 0.6 is 0 Å². The van der Waals surface area contributed by atoms with E-state index in [1.54, 1.807) is 0 Å². The van der Waals surface area contributed by atoms with Crippen LogP contribution in [0.5, 0.6) is 0 Å². The van der Waals surface area contributed by atoms with E-state index in [9.17, 15) is 0 Å². The summed E-state index contributed by atoms with van der Waals surface area (Å²) < 4.78 is 0. The average molecular weight is 216 g/mol. The van der Waals surface area contributed by atoms with Crippen LogP contribution in [0.1, 0.15) is 51.2 Å². The predicted molar refractivity (Wildman–Crippen MR) is 72.8 cm³/mol. The van der Waals surface area contributed by atoms with Crippen LogP contribution in [0.4, 0.5) is 0 Å². The fraction of sp³-hybridized carbons (Fsp3) is 0.500. The molecule has 2 atom stereocenters. The minimum atomic E-state index is 0.645. The third kappa shape index (κ3) is 4.22. The molecule has 0 aliphatic heterocycles. The van der Waals surface area contributed by atoms with Gasteiger partial charge >= 0.3 is 0 Å². The van der Waals surface area contributed by atoms with E-state index in [1.807, 2.05) is 0 Å². The molecule has 0 aliphatic rings. The third-order valence-electron chi connectivity index (χ3n) is 2.99. The van der Waals surface area contributed by atoms with Gasteiger partial charge in [-0.3, -0.25) is 0 Å². The van der Waals surface area contributed by atoms with Gasteiger partial charge in [-0.2, -0.15) is 0 Å². The monoisotopic (exact) mass is 216 g/mol. The maximum atomic E-state index is 2.37. The third-order valence-corrected chi connectivity index (χ3v) is 2.99. The van der Waals surface area contributed by atoms with Gasteiger partial charge in [0.2, 0.25) is 0 Å². The zero-order valence-corrected chi connectivity index (χ0v) is 11.2. The molecule has 0 saturated carbocycles. The fourth-order valence-corrected chi connectivity index (χ4v) is 2.23. The predicted octanol–water partition coefficient (Wildman–Crippen LogP) is 5.09. The summed E-state index contributed by atoms with van der Waals surface area (Å²) >= 11 is 0. The van der Waals surface area contributed by atoms with E-state index in [4.69, 9.17) is 0 Å². The molecule has 88 valence electrons. The molecule has 0 aromatic heterocycles. The Balaban J connectivity index is 2.62. The highest BCUT2D eigenvalue weighted by atomic mass is 14.1. The van der Waals surface area contributed by atoms with E-state index in [0.717, 1.165) is 0 Å². The van der Waals surface area contributed by atoms with Crippen molar-refractivity contribution in [3.63, 3.8) is 0 Å². The van der Waals surface area contributed by atoms with Crippen LogP contribution in [0.25, 0.3) is 0 Å². The molecule has 0 N–H and O–H groups in total. The van der Waals surface area contributed by atoms with Crippen LogP contribution < -0.4 is 0 Å². The molecule has 0 radical (unpaired) electrons.